The molecule has 16 heavy (non-hydrogen) atoms. The average molecular weight is 221 g/mol. The molecule has 2 rings (SSSR count). The van der Waals surface area contributed by atoms with E-state index < -0.39 is 0 Å². The summed E-state index contributed by atoms with van der Waals surface area (Å²) in [7, 11) is 0. The zero-order chi connectivity index (χ0) is 11.4. The van der Waals surface area contributed by atoms with E-state index in [1.165, 1.54) is 0 Å². The van der Waals surface area contributed by atoms with Gasteiger partial charge in [-0.25, -0.2) is 0 Å². The maximum Gasteiger partial charge on any atom is 0.313 e. The summed E-state index contributed by atoms with van der Waals surface area (Å²) in [5.41, 5.74) is 6.70. The maximum atomic E-state index is 11.6. The molecule has 0 bridgehead atoms. The van der Waals surface area contributed by atoms with Crippen molar-refractivity contribution in [3.05, 3.63) is 35.9 Å². The molecule has 0 spiro atoms. The lowest BCUT2D eigenvalue weighted by molar-refractivity contribution is -0.150. The van der Waals surface area contributed by atoms with Crippen molar-refractivity contribution in [2.75, 3.05) is 13.2 Å². The van der Waals surface area contributed by atoms with E-state index in [9.17, 15) is 4.79 Å². The Bertz CT molecular complexity index is 353. The maximum absolute atomic E-state index is 11.6. The predicted molar refractivity (Wildman–Crippen MR) is 58.5 cm³/mol. The Balaban J connectivity index is 1.84. The van der Waals surface area contributed by atoms with Gasteiger partial charge in [0.25, 0.3) is 0 Å². The van der Waals surface area contributed by atoms with Crippen molar-refractivity contribution in [3.63, 3.8) is 0 Å². The lowest BCUT2D eigenvalue weighted by Gasteiger charge is -2.12. The van der Waals surface area contributed by atoms with Crippen LogP contribution in [0.2, 0.25) is 0 Å². The number of nitrogens with two attached hydrogens (primary N) is 1. The van der Waals surface area contributed by atoms with E-state index in [4.69, 9.17) is 15.2 Å². The quantitative estimate of drug-likeness (QED) is 0.763. The van der Waals surface area contributed by atoms with E-state index in [0.29, 0.717) is 19.8 Å². The third-order valence-electron chi connectivity index (χ3n) is 2.65. The number of carbonyl (C=O) groups is 1. The predicted octanol–water partition coefficient (Wildman–Crippen LogP) is 0.703. The van der Waals surface area contributed by atoms with Crippen molar-refractivity contribution in [1.29, 1.82) is 0 Å². The Morgan fingerprint density at radius 3 is 2.75 bits per heavy atom. The van der Waals surface area contributed by atoms with Crippen molar-refractivity contribution < 1.29 is 14.3 Å². The Morgan fingerprint density at radius 1 is 1.38 bits per heavy atom. The minimum Gasteiger partial charge on any atom is -0.460 e. The lowest BCUT2D eigenvalue weighted by Crippen LogP contribution is -2.35. The molecule has 0 aromatic heterocycles. The standard InChI is InChI=1S/C12H15NO3/c13-11-8-15-7-10(11)12(14)16-6-9-4-2-1-3-5-9/h1-5,10-11H,6-8,13H2. The Hall–Kier alpha value is -1.39. The first-order valence-corrected chi connectivity index (χ1v) is 5.31. The van der Waals surface area contributed by atoms with Crippen LogP contribution in [0.4, 0.5) is 0 Å². The fraction of sp³-hybridized carbons (Fsp3) is 0.417. The normalized spacial score (nSPS) is 24.3. The molecule has 2 unspecified atom stereocenters. The number of ether oxygens (including phenoxy) is 2. The van der Waals surface area contributed by atoms with Crippen LogP contribution in [0.25, 0.3) is 0 Å². The molecule has 0 aliphatic carbocycles. The third kappa shape index (κ3) is 2.59. The Labute approximate surface area is 94.3 Å². The summed E-state index contributed by atoms with van der Waals surface area (Å²) < 4.78 is 10.3. The minimum absolute atomic E-state index is 0.233. The van der Waals surface area contributed by atoms with Crippen LogP contribution in [-0.4, -0.2) is 25.2 Å². The van der Waals surface area contributed by atoms with Gasteiger partial charge < -0.3 is 15.2 Å². The van der Waals surface area contributed by atoms with Crippen LogP contribution >= 0.6 is 0 Å². The molecular weight excluding hydrogens is 206 g/mol. The van der Waals surface area contributed by atoms with Gasteiger partial charge in [-0.05, 0) is 5.56 Å². The van der Waals surface area contributed by atoms with Gasteiger partial charge in [-0.1, -0.05) is 30.3 Å². The number of benzene rings is 1. The van der Waals surface area contributed by atoms with E-state index >= 15 is 0 Å². The molecule has 1 aliphatic rings. The molecular formula is C12H15NO3. The van der Waals surface area contributed by atoms with Crippen LogP contribution in [0, 0.1) is 5.92 Å². The molecule has 2 atom stereocenters. The highest BCUT2D eigenvalue weighted by Gasteiger charge is 2.32. The largest absolute Gasteiger partial charge is 0.460 e. The molecule has 0 saturated carbocycles. The van der Waals surface area contributed by atoms with Crippen molar-refractivity contribution in [3.8, 4) is 0 Å². The molecule has 4 nitrogen and oxygen atoms in total. The smallest absolute Gasteiger partial charge is 0.313 e. The summed E-state index contributed by atoms with van der Waals surface area (Å²) in [6, 6.07) is 9.34. The molecule has 1 aromatic rings. The SMILES string of the molecule is NC1COCC1C(=O)OCc1ccccc1. The van der Waals surface area contributed by atoms with Crippen molar-refractivity contribution in [2.24, 2.45) is 11.7 Å². The second kappa shape index (κ2) is 5.09. The molecule has 0 amide bonds. The van der Waals surface area contributed by atoms with E-state index in [0.717, 1.165) is 5.56 Å². The average Bonchev–Trinajstić information content (AvgIpc) is 2.74. The van der Waals surface area contributed by atoms with Gasteiger partial charge in [0.05, 0.1) is 19.1 Å². The highest BCUT2D eigenvalue weighted by Crippen LogP contribution is 2.14. The van der Waals surface area contributed by atoms with Crippen LogP contribution in [0.15, 0.2) is 30.3 Å². The second-order valence-corrected chi connectivity index (χ2v) is 3.90. The van der Waals surface area contributed by atoms with Gasteiger partial charge in [0, 0.05) is 6.04 Å². The molecule has 86 valence electrons. The topological polar surface area (TPSA) is 61.5 Å². The number of esters is 1. The van der Waals surface area contributed by atoms with Gasteiger partial charge in [-0.3, -0.25) is 4.79 Å². The fourth-order valence-corrected chi connectivity index (χ4v) is 1.65. The van der Waals surface area contributed by atoms with E-state index in [1.807, 2.05) is 30.3 Å². The van der Waals surface area contributed by atoms with Gasteiger partial charge >= 0.3 is 5.97 Å². The van der Waals surface area contributed by atoms with Crippen molar-refractivity contribution in [1.82, 2.24) is 0 Å². The van der Waals surface area contributed by atoms with Crippen LogP contribution in [-0.2, 0) is 20.9 Å². The van der Waals surface area contributed by atoms with Gasteiger partial charge in [-0.15, -0.1) is 0 Å². The lowest BCUT2D eigenvalue weighted by atomic mass is 10.1. The number of hydrogen-bond donors (Lipinski definition) is 1. The minimum atomic E-state index is -0.316. The van der Waals surface area contributed by atoms with Crippen LogP contribution in [0.1, 0.15) is 5.56 Å². The third-order valence-corrected chi connectivity index (χ3v) is 2.65. The van der Waals surface area contributed by atoms with Gasteiger partial charge in [0.2, 0.25) is 0 Å². The number of carbonyl (C=O) groups excluding carboxylic acids is 1. The zero-order valence-corrected chi connectivity index (χ0v) is 8.96. The molecule has 1 heterocycles. The second-order valence-electron chi connectivity index (χ2n) is 3.90. The van der Waals surface area contributed by atoms with Crippen molar-refractivity contribution in [2.45, 2.75) is 12.6 Å². The van der Waals surface area contributed by atoms with Crippen LogP contribution in [0.5, 0.6) is 0 Å². The molecule has 1 fully saturated rings. The number of hydrogen-bond acceptors (Lipinski definition) is 4. The summed E-state index contributed by atoms with van der Waals surface area (Å²) in [5.74, 6) is -0.586. The summed E-state index contributed by atoms with van der Waals surface area (Å²) in [6.45, 7) is 1.10. The van der Waals surface area contributed by atoms with Crippen molar-refractivity contribution >= 4 is 5.97 Å². The van der Waals surface area contributed by atoms with Gasteiger partial charge in [0.1, 0.15) is 6.61 Å². The molecule has 1 aromatic carbocycles. The summed E-state index contributed by atoms with van der Waals surface area (Å²) in [6.07, 6.45) is 0. The number of rotatable bonds is 3. The summed E-state index contributed by atoms with van der Waals surface area (Å²) in [5, 5.41) is 0. The highest BCUT2D eigenvalue weighted by atomic mass is 16.5. The first-order valence-electron chi connectivity index (χ1n) is 5.31. The Kier molecular flexibility index (Phi) is 3.54. The van der Waals surface area contributed by atoms with E-state index in [1.54, 1.807) is 0 Å². The first kappa shape index (κ1) is 11.1. The van der Waals surface area contributed by atoms with Gasteiger partial charge in [0.15, 0.2) is 0 Å². The molecule has 1 aliphatic heterocycles. The van der Waals surface area contributed by atoms with Crippen LogP contribution < -0.4 is 5.73 Å². The van der Waals surface area contributed by atoms with E-state index in [2.05, 4.69) is 0 Å². The van der Waals surface area contributed by atoms with E-state index in [-0.39, 0.29) is 17.9 Å². The summed E-state index contributed by atoms with van der Waals surface area (Å²) >= 11 is 0. The highest BCUT2D eigenvalue weighted by molar-refractivity contribution is 5.73. The molecule has 2 N–H and O–H groups in total. The first-order chi connectivity index (χ1) is 7.77. The van der Waals surface area contributed by atoms with Gasteiger partial charge in [-0.2, -0.15) is 0 Å². The fourth-order valence-electron chi connectivity index (χ4n) is 1.65. The molecule has 1 saturated heterocycles. The monoisotopic (exact) mass is 221 g/mol. The summed E-state index contributed by atoms with van der Waals surface area (Å²) in [4.78, 5) is 11.6. The Morgan fingerprint density at radius 2 is 2.12 bits per heavy atom. The zero-order valence-electron chi connectivity index (χ0n) is 8.96. The van der Waals surface area contributed by atoms with Crippen LogP contribution in [0.3, 0.4) is 0 Å². The molecule has 4 heteroatoms. The molecule has 0 radical (unpaired) electrons.